The highest BCUT2D eigenvalue weighted by Crippen LogP contribution is 2.04. The number of H-pyrrole nitrogens is 1. The van der Waals surface area contributed by atoms with Gasteiger partial charge in [0.1, 0.15) is 5.69 Å². The van der Waals surface area contributed by atoms with E-state index in [0.29, 0.717) is 5.69 Å². The first-order valence-electron chi connectivity index (χ1n) is 3.72. The first-order chi connectivity index (χ1) is 5.25. The van der Waals surface area contributed by atoms with Crippen LogP contribution < -0.4 is 0 Å². The smallest absolute Gasteiger partial charge is 0.170 e. The first-order valence-corrected chi connectivity index (χ1v) is 3.72. The Bertz CT molecular complexity index is 228. The molecular formula is C8H14N2O. The predicted octanol–water partition coefficient (Wildman–Crippen LogP) is 1.87. The van der Waals surface area contributed by atoms with Crippen molar-refractivity contribution in [2.24, 2.45) is 0 Å². The zero-order chi connectivity index (χ0) is 8.85. The molecule has 0 saturated carbocycles. The van der Waals surface area contributed by atoms with Gasteiger partial charge in [0, 0.05) is 11.3 Å². The monoisotopic (exact) mass is 154 g/mol. The fourth-order valence-corrected chi connectivity index (χ4v) is 0.619. The summed E-state index contributed by atoms with van der Waals surface area (Å²) in [5.74, 6) is 0. The Morgan fingerprint density at radius 3 is 2.09 bits per heavy atom. The maximum atomic E-state index is 10.2. The zero-order valence-electron chi connectivity index (χ0n) is 7.43. The Morgan fingerprint density at radius 1 is 1.36 bits per heavy atom. The van der Waals surface area contributed by atoms with E-state index < -0.39 is 0 Å². The van der Waals surface area contributed by atoms with Crippen molar-refractivity contribution in [3.63, 3.8) is 0 Å². The molecular weight excluding hydrogens is 140 g/mol. The number of carbonyl (C=O) groups excluding carboxylic acids is 1. The molecule has 1 aromatic heterocycles. The van der Waals surface area contributed by atoms with Crippen LogP contribution in [0.3, 0.4) is 0 Å². The maximum Gasteiger partial charge on any atom is 0.170 e. The van der Waals surface area contributed by atoms with Crippen molar-refractivity contribution < 1.29 is 4.79 Å². The molecule has 0 bridgehead atoms. The summed E-state index contributed by atoms with van der Waals surface area (Å²) in [7, 11) is 0. The summed E-state index contributed by atoms with van der Waals surface area (Å²) < 4.78 is 0. The standard InChI is InChI=1S/C6H8N2O.C2H6/c1-4-5(2)7-8-6(4)3-9;1-2/h3H,1-2H3,(H,7,8);1-2H3. The van der Waals surface area contributed by atoms with E-state index in [0.717, 1.165) is 17.5 Å². The van der Waals surface area contributed by atoms with Crippen LogP contribution in [0.4, 0.5) is 0 Å². The molecule has 1 heterocycles. The Kier molecular flexibility index (Phi) is 4.18. The number of nitrogens with one attached hydrogen (secondary N) is 1. The molecule has 1 aromatic rings. The molecule has 3 nitrogen and oxygen atoms in total. The lowest BCUT2D eigenvalue weighted by Crippen LogP contribution is -1.81. The fraction of sp³-hybridized carbons (Fsp3) is 0.500. The van der Waals surface area contributed by atoms with Gasteiger partial charge in [-0.25, -0.2) is 0 Å². The number of aromatic nitrogens is 2. The molecule has 0 unspecified atom stereocenters. The van der Waals surface area contributed by atoms with E-state index in [1.165, 1.54) is 0 Å². The third-order valence-corrected chi connectivity index (χ3v) is 1.40. The Balaban J connectivity index is 0.000000461. The summed E-state index contributed by atoms with van der Waals surface area (Å²) in [6, 6.07) is 0. The van der Waals surface area contributed by atoms with Crippen LogP contribution in [0.15, 0.2) is 0 Å². The normalized spacial score (nSPS) is 8.36. The lowest BCUT2D eigenvalue weighted by molar-refractivity contribution is 0.111. The number of nitrogens with zero attached hydrogens (tertiary/aromatic N) is 1. The van der Waals surface area contributed by atoms with Gasteiger partial charge < -0.3 is 0 Å². The average molecular weight is 154 g/mol. The largest absolute Gasteiger partial charge is 0.296 e. The first kappa shape index (κ1) is 9.88. The van der Waals surface area contributed by atoms with Crippen molar-refractivity contribution in [3.05, 3.63) is 17.0 Å². The minimum absolute atomic E-state index is 0.507. The van der Waals surface area contributed by atoms with E-state index in [1.807, 2.05) is 27.7 Å². The predicted molar refractivity (Wildman–Crippen MR) is 44.8 cm³/mol. The van der Waals surface area contributed by atoms with Crippen LogP contribution in [0, 0.1) is 13.8 Å². The van der Waals surface area contributed by atoms with Gasteiger partial charge >= 0.3 is 0 Å². The average Bonchev–Trinajstić information content (AvgIpc) is 2.37. The van der Waals surface area contributed by atoms with Crippen molar-refractivity contribution >= 4 is 6.29 Å². The van der Waals surface area contributed by atoms with Gasteiger partial charge in [0.05, 0.1) is 0 Å². The van der Waals surface area contributed by atoms with Crippen LogP contribution >= 0.6 is 0 Å². The van der Waals surface area contributed by atoms with E-state index in [4.69, 9.17) is 0 Å². The van der Waals surface area contributed by atoms with E-state index in [1.54, 1.807) is 0 Å². The number of carbonyl (C=O) groups is 1. The molecule has 0 aromatic carbocycles. The van der Waals surface area contributed by atoms with Crippen LogP contribution in [-0.2, 0) is 0 Å². The second kappa shape index (κ2) is 4.66. The van der Waals surface area contributed by atoms with Crippen molar-refractivity contribution in [2.75, 3.05) is 0 Å². The molecule has 0 radical (unpaired) electrons. The lowest BCUT2D eigenvalue weighted by Gasteiger charge is -1.83. The van der Waals surface area contributed by atoms with Crippen molar-refractivity contribution in [1.82, 2.24) is 10.2 Å². The van der Waals surface area contributed by atoms with Crippen LogP contribution in [0.25, 0.3) is 0 Å². The molecule has 0 aliphatic carbocycles. The molecule has 0 fully saturated rings. The fourth-order valence-electron chi connectivity index (χ4n) is 0.619. The van der Waals surface area contributed by atoms with Crippen molar-refractivity contribution in [1.29, 1.82) is 0 Å². The molecule has 0 aliphatic rings. The van der Waals surface area contributed by atoms with E-state index >= 15 is 0 Å². The third kappa shape index (κ3) is 2.18. The van der Waals surface area contributed by atoms with E-state index in [-0.39, 0.29) is 0 Å². The maximum absolute atomic E-state index is 10.2. The van der Waals surface area contributed by atoms with E-state index in [2.05, 4.69) is 10.2 Å². The molecule has 0 spiro atoms. The van der Waals surface area contributed by atoms with Crippen molar-refractivity contribution in [2.45, 2.75) is 27.7 Å². The minimum atomic E-state index is 0.507. The van der Waals surface area contributed by atoms with Gasteiger partial charge in [-0.15, -0.1) is 0 Å². The zero-order valence-corrected chi connectivity index (χ0v) is 7.43. The second-order valence-corrected chi connectivity index (χ2v) is 1.98. The highest BCUT2D eigenvalue weighted by molar-refractivity contribution is 5.74. The summed E-state index contributed by atoms with van der Waals surface area (Å²) in [6.45, 7) is 7.75. The molecule has 0 aliphatic heterocycles. The topological polar surface area (TPSA) is 45.8 Å². The molecule has 62 valence electrons. The Morgan fingerprint density at radius 2 is 1.91 bits per heavy atom. The van der Waals surface area contributed by atoms with Gasteiger partial charge in [-0.2, -0.15) is 5.10 Å². The van der Waals surface area contributed by atoms with Crippen LogP contribution in [0.2, 0.25) is 0 Å². The molecule has 1 N–H and O–H groups in total. The number of aryl methyl sites for hydroxylation is 1. The van der Waals surface area contributed by atoms with Gasteiger partial charge in [-0.1, -0.05) is 13.8 Å². The Labute approximate surface area is 66.8 Å². The molecule has 1 rings (SSSR count). The van der Waals surface area contributed by atoms with Crippen LogP contribution in [0.5, 0.6) is 0 Å². The third-order valence-electron chi connectivity index (χ3n) is 1.40. The molecule has 0 atom stereocenters. The molecule has 3 heteroatoms. The highest BCUT2D eigenvalue weighted by atomic mass is 16.1. The summed E-state index contributed by atoms with van der Waals surface area (Å²) >= 11 is 0. The number of rotatable bonds is 1. The van der Waals surface area contributed by atoms with Gasteiger partial charge in [0.15, 0.2) is 6.29 Å². The van der Waals surface area contributed by atoms with Crippen molar-refractivity contribution in [3.8, 4) is 0 Å². The summed E-state index contributed by atoms with van der Waals surface area (Å²) in [5, 5.41) is 6.45. The molecule has 11 heavy (non-hydrogen) atoms. The number of hydrogen-bond donors (Lipinski definition) is 1. The van der Waals surface area contributed by atoms with Gasteiger partial charge in [0.2, 0.25) is 0 Å². The van der Waals surface area contributed by atoms with Gasteiger partial charge in [-0.3, -0.25) is 9.89 Å². The number of aromatic amines is 1. The SMILES string of the molecule is CC.Cc1[nH]nc(C=O)c1C. The number of aldehydes is 1. The summed E-state index contributed by atoms with van der Waals surface area (Å²) in [4.78, 5) is 10.2. The highest BCUT2D eigenvalue weighted by Gasteiger charge is 2.01. The minimum Gasteiger partial charge on any atom is -0.296 e. The van der Waals surface area contributed by atoms with Crippen LogP contribution in [0.1, 0.15) is 35.6 Å². The van der Waals surface area contributed by atoms with Gasteiger partial charge in [0.25, 0.3) is 0 Å². The van der Waals surface area contributed by atoms with Crippen LogP contribution in [-0.4, -0.2) is 16.5 Å². The molecule has 0 saturated heterocycles. The second-order valence-electron chi connectivity index (χ2n) is 1.98. The quantitative estimate of drug-likeness (QED) is 0.627. The lowest BCUT2D eigenvalue weighted by atomic mass is 10.2. The Hall–Kier alpha value is -1.12. The van der Waals surface area contributed by atoms with Gasteiger partial charge in [-0.05, 0) is 13.8 Å². The van der Waals surface area contributed by atoms with E-state index in [9.17, 15) is 4.79 Å². The summed E-state index contributed by atoms with van der Waals surface area (Å²) in [5.41, 5.74) is 2.40. The molecule has 0 amide bonds. The number of hydrogen-bond acceptors (Lipinski definition) is 2. The summed E-state index contributed by atoms with van der Waals surface area (Å²) in [6.07, 6.45) is 0.749.